The second kappa shape index (κ2) is 49.1. The van der Waals surface area contributed by atoms with Crippen molar-refractivity contribution in [2.24, 2.45) is 0 Å². The van der Waals surface area contributed by atoms with E-state index in [4.69, 9.17) is 61.6 Å². The highest BCUT2D eigenvalue weighted by Gasteiger charge is 2.53. The van der Waals surface area contributed by atoms with Crippen LogP contribution in [0.15, 0.2) is 261 Å². The highest BCUT2D eigenvalue weighted by atomic mass is 16.7. The second-order valence-corrected chi connectivity index (χ2v) is 28.9. The topological polar surface area (TPSA) is 188 Å². The summed E-state index contributed by atoms with van der Waals surface area (Å²) in [6, 6.07) is 83.3. The quantitative estimate of drug-likeness (QED) is 0.0199. The number of unbranched alkanes of at least 4 members (excludes halogenated alkanes) is 12. The number of aryl methyl sites for hydroxylation is 1. The zero-order chi connectivity index (χ0) is 78.7. The lowest BCUT2D eigenvalue weighted by Gasteiger charge is -2.47. The first kappa shape index (κ1) is 85.8. The highest BCUT2D eigenvalue weighted by Crippen LogP contribution is 2.35. The Kier molecular flexibility index (Phi) is 37.2. The first-order valence-electron chi connectivity index (χ1n) is 40.2. The van der Waals surface area contributed by atoms with Crippen molar-refractivity contribution in [2.75, 3.05) is 13.2 Å². The smallest absolute Gasteiger partial charge is 0.350 e. The molecule has 17 nitrogen and oxygen atoms in total. The number of carbonyl (C=O) groups excluding carboxylic acids is 4. The molecule has 9 aromatic rings. The Labute approximate surface area is 667 Å². The zero-order valence-corrected chi connectivity index (χ0v) is 65.7. The minimum Gasteiger partial charge on any atom is -0.488 e. The maximum absolute atomic E-state index is 15.3. The van der Waals surface area contributed by atoms with Crippen LogP contribution in [0, 0.1) is 0 Å². The van der Waals surface area contributed by atoms with Gasteiger partial charge in [0.2, 0.25) is 6.10 Å². The van der Waals surface area contributed by atoms with Crippen molar-refractivity contribution in [1.29, 1.82) is 0 Å². The lowest BCUT2D eigenvalue weighted by atomic mass is 9.97. The largest absolute Gasteiger partial charge is 0.488 e. The van der Waals surface area contributed by atoms with E-state index in [1.54, 1.807) is 0 Å². The number of ether oxygens (including phenoxy) is 13. The number of esters is 4. The molecule has 0 spiro atoms. The van der Waals surface area contributed by atoms with E-state index in [1.165, 1.54) is 46.0 Å². The summed E-state index contributed by atoms with van der Waals surface area (Å²) in [6.45, 7) is 5.18. The first-order valence-corrected chi connectivity index (χ1v) is 40.2. The molecule has 0 aromatic heterocycles. The van der Waals surface area contributed by atoms with Crippen LogP contribution in [0.3, 0.4) is 0 Å². The van der Waals surface area contributed by atoms with Crippen LogP contribution in [-0.4, -0.2) is 98.3 Å². The Morgan fingerprint density at radius 3 is 1.28 bits per heavy atom. The molecule has 17 heteroatoms. The molecule has 1 heterocycles. The van der Waals surface area contributed by atoms with Gasteiger partial charge in [-0.25, -0.2) is 9.59 Å². The number of carbonyl (C=O) groups is 4. The van der Waals surface area contributed by atoms with Gasteiger partial charge in [0.25, 0.3) is 0 Å². The van der Waals surface area contributed by atoms with Gasteiger partial charge in [-0.1, -0.05) is 325 Å². The maximum Gasteiger partial charge on any atom is 0.350 e. The van der Waals surface area contributed by atoms with Crippen molar-refractivity contribution in [3.8, 4) is 5.75 Å². The summed E-state index contributed by atoms with van der Waals surface area (Å²) in [7, 11) is 0. The summed E-state index contributed by atoms with van der Waals surface area (Å²) in [5.41, 5.74) is 8.47. The van der Waals surface area contributed by atoms with E-state index in [1.807, 2.05) is 268 Å². The van der Waals surface area contributed by atoms with E-state index in [2.05, 4.69) is 0 Å². The van der Waals surface area contributed by atoms with Crippen molar-refractivity contribution in [3.63, 3.8) is 0 Å². The molecule has 1 aliphatic heterocycles. The van der Waals surface area contributed by atoms with E-state index in [0.717, 1.165) is 108 Å². The van der Waals surface area contributed by atoms with Crippen molar-refractivity contribution in [2.45, 2.75) is 231 Å². The average Bonchev–Trinajstić information content (AvgIpc) is 0.778. The Morgan fingerprint density at radius 2 is 0.805 bits per heavy atom. The van der Waals surface area contributed by atoms with Gasteiger partial charge in [-0.2, -0.15) is 0 Å². The fourth-order valence-corrected chi connectivity index (χ4v) is 13.9. The Bertz CT molecular complexity index is 4110. The average molecular weight is 1540 g/mol. The molecular weight excluding hydrogens is 1430 g/mol. The van der Waals surface area contributed by atoms with Crippen molar-refractivity contribution in [3.05, 3.63) is 316 Å². The SMILES string of the molecule is CC(=O)O[C@@H]1[C@H](O[C@H](COCc2ccccc2)[C@@H](OCc2ccccc2)[C@H](OCc2ccccc2)[C@H](OC(C)=O)C(=O)O[C@H](C)CCCCCCCCCCCCCCCc2cccc(OCc3ccccc3)c2C(=O)OCc2ccccc2)O[C@H](COCc2ccccc2)[C@@H](OCc2ccccc2)[C@@H]1OCc1ccccc1. The van der Waals surface area contributed by atoms with Crippen molar-refractivity contribution < 1.29 is 80.8 Å². The molecule has 598 valence electrons. The van der Waals surface area contributed by atoms with Gasteiger partial charge < -0.3 is 61.6 Å². The predicted octanol–water partition coefficient (Wildman–Crippen LogP) is 19.3. The first-order chi connectivity index (χ1) is 55.5. The number of hydrogen-bond donors (Lipinski definition) is 0. The minimum atomic E-state index is -1.72. The Morgan fingerprint density at radius 1 is 0.389 bits per heavy atom. The summed E-state index contributed by atoms with van der Waals surface area (Å²) in [6.07, 6.45) is 3.41. The van der Waals surface area contributed by atoms with Crippen LogP contribution in [0.2, 0.25) is 0 Å². The molecule has 1 saturated heterocycles. The Balaban J connectivity index is 0.797. The van der Waals surface area contributed by atoms with Gasteiger partial charge in [-0.15, -0.1) is 0 Å². The molecular formula is C96H112O17. The van der Waals surface area contributed by atoms with Gasteiger partial charge in [0, 0.05) is 13.8 Å². The molecule has 113 heavy (non-hydrogen) atoms. The summed E-state index contributed by atoms with van der Waals surface area (Å²) in [5.74, 6) is -2.07. The third-order valence-corrected chi connectivity index (χ3v) is 19.8. The van der Waals surface area contributed by atoms with Gasteiger partial charge in [-0.3, -0.25) is 9.59 Å². The van der Waals surface area contributed by atoms with E-state index in [0.29, 0.717) is 24.3 Å². The molecule has 0 amide bonds. The third kappa shape index (κ3) is 30.3. The predicted molar refractivity (Wildman–Crippen MR) is 434 cm³/mol. The van der Waals surface area contributed by atoms with Gasteiger partial charge in [0.05, 0.1) is 59.0 Å². The number of benzene rings is 9. The van der Waals surface area contributed by atoms with Crippen LogP contribution in [0.4, 0.5) is 0 Å². The van der Waals surface area contributed by atoms with Gasteiger partial charge in [0.1, 0.15) is 61.2 Å². The molecule has 0 bridgehead atoms. The molecule has 0 radical (unpaired) electrons. The summed E-state index contributed by atoms with van der Waals surface area (Å²) >= 11 is 0. The van der Waals surface area contributed by atoms with E-state index < -0.39 is 79.1 Å². The van der Waals surface area contributed by atoms with Crippen molar-refractivity contribution >= 4 is 23.9 Å². The van der Waals surface area contributed by atoms with E-state index in [9.17, 15) is 14.4 Å². The van der Waals surface area contributed by atoms with Crippen LogP contribution in [0.1, 0.15) is 171 Å². The number of hydrogen-bond acceptors (Lipinski definition) is 17. The molecule has 9 aromatic carbocycles. The van der Waals surface area contributed by atoms with E-state index >= 15 is 4.79 Å². The van der Waals surface area contributed by atoms with Gasteiger partial charge in [0.15, 0.2) is 12.4 Å². The van der Waals surface area contributed by atoms with E-state index in [-0.39, 0.29) is 65.4 Å². The standard InChI is InChI=1S/C96H112O17/c1-72(42-23-13-11-9-7-5-4-6-8-10-12-14-40-59-83-60-41-61-84(103-64-77-47-28-17-29-48-77)87(83)94(99)108-69-82-57-38-22-39-58-82)109-95(100)92(110-73(2)97)90(106-67-80-53-34-20-35-54-80)88(104-65-78-49-30-18-31-50-78)85(70-101-62-75-43-24-15-25-44-75)112-96-93(111-74(3)98)91(107-68-81-55-36-21-37-56-81)89(105-66-79-51-32-19-33-52-79)86(113-96)71-102-63-76-45-26-16-27-46-76/h15-22,24-39,41,43-58,60-61,72,85-86,88-93,96H,4-14,23,40,42,59,62-71H2,1-3H3/t72-,85-,86-,88-,89-,90+,91+,92+,93+,96-/m1/s1. The minimum absolute atomic E-state index is 0.0201. The monoisotopic (exact) mass is 1540 g/mol. The fraction of sp³-hybridized carbons (Fsp3) is 0.396. The normalized spacial score (nSPS) is 16.7. The molecule has 10 atom stereocenters. The molecule has 1 aliphatic rings. The maximum atomic E-state index is 15.3. The zero-order valence-electron chi connectivity index (χ0n) is 65.7. The fourth-order valence-electron chi connectivity index (χ4n) is 13.9. The molecule has 0 saturated carbocycles. The Hall–Kier alpha value is -9.66. The molecule has 10 rings (SSSR count). The highest BCUT2D eigenvalue weighted by molar-refractivity contribution is 5.94. The van der Waals surface area contributed by atoms with Crippen LogP contribution in [0.25, 0.3) is 0 Å². The van der Waals surface area contributed by atoms with Gasteiger partial charge in [-0.05, 0) is 88.7 Å². The van der Waals surface area contributed by atoms with Crippen LogP contribution in [0.5, 0.6) is 5.75 Å². The molecule has 0 aliphatic carbocycles. The summed E-state index contributed by atoms with van der Waals surface area (Å²) in [4.78, 5) is 56.4. The number of rotatable bonds is 51. The lowest BCUT2D eigenvalue weighted by molar-refractivity contribution is -0.340. The third-order valence-electron chi connectivity index (χ3n) is 19.8. The molecule has 0 unspecified atom stereocenters. The van der Waals surface area contributed by atoms with Crippen LogP contribution in [-0.2, 0) is 131 Å². The molecule has 1 fully saturated rings. The van der Waals surface area contributed by atoms with Gasteiger partial charge >= 0.3 is 23.9 Å². The second-order valence-electron chi connectivity index (χ2n) is 28.9. The lowest BCUT2D eigenvalue weighted by Crippen LogP contribution is -2.64. The van der Waals surface area contributed by atoms with Crippen LogP contribution < -0.4 is 4.74 Å². The molecule has 0 N–H and O–H groups in total. The summed E-state index contributed by atoms with van der Waals surface area (Å²) < 4.78 is 86.7. The summed E-state index contributed by atoms with van der Waals surface area (Å²) in [5, 5.41) is 0. The van der Waals surface area contributed by atoms with Crippen molar-refractivity contribution in [1.82, 2.24) is 0 Å². The van der Waals surface area contributed by atoms with Crippen LogP contribution >= 0.6 is 0 Å².